The van der Waals surface area contributed by atoms with Gasteiger partial charge in [-0.3, -0.25) is 0 Å². The summed E-state index contributed by atoms with van der Waals surface area (Å²) in [6.45, 7) is 9.02. The Hall–Kier alpha value is -2.16. The van der Waals surface area contributed by atoms with E-state index in [1.54, 1.807) is 6.07 Å². The average Bonchev–Trinajstić information content (AvgIpc) is 2.46. The lowest BCUT2D eigenvalue weighted by Gasteiger charge is -2.14. The molecule has 1 nitrogen and oxygen atoms in total. The van der Waals surface area contributed by atoms with Crippen LogP contribution in [-0.2, 0) is 5.92 Å². The van der Waals surface area contributed by atoms with Crippen molar-refractivity contribution in [2.24, 2.45) is 0 Å². The molecular weight excluding hydrogens is 280 g/mol. The van der Waals surface area contributed by atoms with Crippen LogP contribution >= 0.6 is 0 Å². The standard InChI is InChI=1S/C19H21F2N/c1-13(2)22-14(3)15-8-10-16(11-9-15)17-6-5-7-18(12-17)19(4,20)21/h5-13,22H,3H2,1-2,4H3. The Kier molecular flexibility index (Phi) is 4.65. The minimum absolute atomic E-state index is 0.0277. The van der Waals surface area contributed by atoms with Crippen LogP contribution < -0.4 is 5.32 Å². The summed E-state index contributed by atoms with van der Waals surface area (Å²) in [6, 6.07) is 14.6. The van der Waals surface area contributed by atoms with Crippen molar-refractivity contribution in [3.8, 4) is 11.1 Å². The lowest BCUT2D eigenvalue weighted by molar-refractivity contribution is 0.0175. The zero-order valence-electron chi connectivity index (χ0n) is 13.2. The van der Waals surface area contributed by atoms with Gasteiger partial charge in [-0.25, -0.2) is 8.78 Å². The third-order valence-corrected chi connectivity index (χ3v) is 3.40. The predicted molar refractivity (Wildman–Crippen MR) is 88.8 cm³/mol. The van der Waals surface area contributed by atoms with Gasteiger partial charge in [0.2, 0.25) is 0 Å². The van der Waals surface area contributed by atoms with E-state index in [0.29, 0.717) is 6.04 Å². The number of nitrogens with one attached hydrogen (secondary N) is 1. The summed E-state index contributed by atoms with van der Waals surface area (Å²) in [5, 5.41) is 3.25. The minimum atomic E-state index is -2.83. The Balaban J connectivity index is 2.26. The fourth-order valence-electron chi connectivity index (χ4n) is 2.27. The summed E-state index contributed by atoms with van der Waals surface area (Å²) in [5.74, 6) is -2.83. The van der Waals surface area contributed by atoms with Crippen LogP contribution in [0.25, 0.3) is 16.8 Å². The number of hydrogen-bond acceptors (Lipinski definition) is 1. The average molecular weight is 301 g/mol. The number of rotatable bonds is 5. The highest BCUT2D eigenvalue weighted by Crippen LogP contribution is 2.30. The van der Waals surface area contributed by atoms with Crippen LogP contribution in [-0.4, -0.2) is 6.04 Å². The zero-order valence-corrected chi connectivity index (χ0v) is 13.2. The molecule has 0 bridgehead atoms. The predicted octanol–water partition coefficient (Wildman–Crippen LogP) is 5.43. The number of alkyl halides is 2. The van der Waals surface area contributed by atoms with Gasteiger partial charge < -0.3 is 5.32 Å². The molecule has 0 saturated carbocycles. The van der Waals surface area contributed by atoms with E-state index in [1.165, 1.54) is 12.1 Å². The third-order valence-electron chi connectivity index (χ3n) is 3.40. The van der Waals surface area contributed by atoms with Gasteiger partial charge in [-0.15, -0.1) is 0 Å². The van der Waals surface area contributed by atoms with E-state index >= 15 is 0 Å². The van der Waals surface area contributed by atoms with Crippen molar-refractivity contribution >= 4 is 5.70 Å². The summed E-state index contributed by atoms with van der Waals surface area (Å²) in [4.78, 5) is 0. The number of halogens is 2. The van der Waals surface area contributed by atoms with Crippen molar-refractivity contribution in [3.63, 3.8) is 0 Å². The highest BCUT2D eigenvalue weighted by Gasteiger charge is 2.24. The molecule has 0 saturated heterocycles. The summed E-state index contributed by atoms with van der Waals surface area (Å²) in [6.07, 6.45) is 0. The third kappa shape index (κ3) is 3.94. The van der Waals surface area contributed by atoms with Crippen molar-refractivity contribution < 1.29 is 8.78 Å². The summed E-state index contributed by atoms with van der Waals surface area (Å²) >= 11 is 0. The summed E-state index contributed by atoms with van der Waals surface area (Å²) in [5.41, 5.74) is 3.57. The molecule has 116 valence electrons. The lowest BCUT2D eigenvalue weighted by Crippen LogP contribution is -2.20. The van der Waals surface area contributed by atoms with Crippen LogP contribution in [0.15, 0.2) is 55.1 Å². The molecule has 0 atom stereocenters. The molecule has 22 heavy (non-hydrogen) atoms. The fourth-order valence-corrected chi connectivity index (χ4v) is 2.27. The second-order valence-corrected chi connectivity index (χ2v) is 5.82. The molecule has 2 aromatic carbocycles. The minimum Gasteiger partial charge on any atom is -0.383 e. The van der Waals surface area contributed by atoms with Gasteiger partial charge in [0.15, 0.2) is 0 Å². The highest BCUT2D eigenvalue weighted by atomic mass is 19.3. The van der Waals surface area contributed by atoms with Gasteiger partial charge in [-0.05, 0) is 36.6 Å². The van der Waals surface area contributed by atoms with E-state index in [0.717, 1.165) is 29.3 Å². The Morgan fingerprint density at radius 3 is 2.23 bits per heavy atom. The van der Waals surface area contributed by atoms with Gasteiger partial charge in [0.25, 0.3) is 5.92 Å². The Labute approximate surface area is 130 Å². The maximum Gasteiger partial charge on any atom is 0.270 e. The maximum absolute atomic E-state index is 13.4. The molecule has 0 spiro atoms. The van der Waals surface area contributed by atoms with Crippen molar-refractivity contribution in [1.29, 1.82) is 0 Å². The first-order valence-electron chi connectivity index (χ1n) is 7.32. The smallest absolute Gasteiger partial charge is 0.270 e. The van der Waals surface area contributed by atoms with E-state index in [9.17, 15) is 8.78 Å². The van der Waals surface area contributed by atoms with Crippen LogP contribution in [0.3, 0.4) is 0 Å². The molecule has 0 heterocycles. The first-order chi connectivity index (χ1) is 10.3. The van der Waals surface area contributed by atoms with Crippen molar-refractivity contribution in [2.75, 3.05) is 0 Å². The molecule has 0 aliphatic carbocycles. The van der Waals surface area contributed by atoms with Crippen LogP contribution in [0.5, 0.6) is 0 Å². The van der Waals surface area contributed by atoms with Gasteiger partial charge in [0, 0.05) is 24.2 Å². The number of hydrogen-bond donors (Lipinski definition) is 1. The Morgan fingerprint density at radius 1 is 1.05 bits per heavy atom. The van der Waals surface area contributed by atoms with E-state index < -0.39 is 5.92 Å². The first kappa shape index (κ1) is 16.2. The highest BCUT2D eigenvalue weighted by molar-refractivity contribution is 5.69. The quantitative estimate of drug-likeness (QED) is 0.776. The molecule has 0 fully saturated rings. The van der Waals surface area contributed by atoms with Crippen LogP contribution in [0, 0.1) is 0 Å². The van der Waals surface area contributed by atoms with Gasteiger partial charge in [-0.2, -0.15) is 0 Å². The van der Waals surface area contributed by atoms with Gasteiger partial charge in [0.1, 0.15) is 0 Å². The summed E-state index contributed by atoms with van der Waals surface area (Å²) < 4.78 is 26.8. The molecule has 0 aliphatic rings. The topological polar surface area (TPSA) is 12.0 Å². The first-order valence-corrected chi connectivity index (χ1v) is 7.32. The van der Waals surface area contributed by atoms with E-state index in [-0.39, 0.29) is 5.56 Å². The van der Waals surface area contributed by atoms with Gasteiger partial charge in [0.05, 0.1) is 0 Å². The SMILES string of the molecule is C=C(NC(C)C)c1ccc(-c2cccc(C(C)(F)F)c2)cc1. The Morgan fingerprint density at radius 2 is 1.68 bits per heavy atom. The maximum atomic E-state index is 13.4. The van der Waals surface area contributed by atoms with Gasteiger partial charge in [-0.1, -0.05) is 49.0 Å². The molecule has 2 aromatic rings. The van der Waals surface area contributed by atoms with E-state index in [2.05, 4.69) is 25.7 Å². The van der Waals surface area contributed by atoms with E-state index in [4.69, 9.17) is 0 Å². The summed E-state index contributed by atoms with van der Waals surface area (Å²) in [7, 11) is 0. The van der Waals surface area contributed by atoms with Crippen molar-refractivity contribution in [1.82, 2.24) is 5.32 Å². The Bertz CT molecular complexity index is 652. The molecular formula is C19H21F2N. The second-order valence-electron chi connectivity index (χ2n) is 5.82. The zero-order chi connectivity index (χ0) is 16.3. The molecule has 0 amide bonds. The molecule has 0 aromatic heterocycles. The molecule has 0 aliphatic heterocycles. The fraction of sp³-hybridized carbons (Fsp3) is 0.263. The van der Waals surface area contributed by atoms with Gasteiger partial charge >= 0.3 is 0 Å². The second kappa shape index (κ2) is 6.30. The molecule has 3 heteroatoms. The largest absolute Gasteiger partial charge is 0.383 e. The molecule has 0 unspecified atom stereocenters. The van der Waals surface area contributed by atoms with Crippen molar-refractivity contribution in [2.45, 2.75) is 32.7 Å². The van der Waals surface area contributed by atoms with E-state index in [1.807, 2.05) is 30.3 Å². The van der Waals surface area contributed by atoms with Crippen molar-refractivity contribution in [3.05, 3.63) is 66.2 Å². The molecule has 2 rings (SSSR count). The normalized spacial score (nSPS) is 11.5. The molecule has 0 radical (unpaired) electrons. The van der Waals surface area contributed by atoms with Crippen LogP contribution in [0.1, 0.15) is 31.9 Å². The lowest BCUT2D eigenvalue weighted by atomic mass is 9.99. The van der Waals surface area contributed by atoms with Crippen LogP contribution in [0.4, 0.5) is 8.78 Å². The monoisotopic (exact) mass is 301 g/mol. The number of benzene rings is 2. The molecule has 1 N–H and O–H groups in total. The van der Waals surface area contributed by atoms with Crippen LogP contribution in [0.2, 0.25) is 0 Å².